The molecule has 0 aromatic carbocycles. The molecule has 0 unspecified atom stereocenters. The van der Waals surface area contributed by atoms with Crippen LogP contribution in [0.3, 0.4) is 0 Å². The highest BCUT2D eigenvalue weighted by Gasteiger charge is 2.21. The lowest BCUT2D eigenvalue weighted by Gasteiger charge is -2.22. The van der Waals surface area contributed by atoms with Gasteiger partial charge < -0.3 is 14.2 Å². The molecule has 0 fully saturated rings. The van der Waals surface area contributed by atoms with Gasteiger partial charge in [0.1, 0.15) is 0 Å². The molecule has 0 spiro atoms. The van der Waals surface area contributed by atoms with Crippen molar-refractivity contribution in [1.82, 2.24) is 5.32 Å². The zero-order valence-electron chi connectivity index (χ0n) is 11.1. The first-order valence-corrected chi connectivity index (χ1v) is 11.9. The lowest BCUT2D eigenvalue weighted by molar-refractivity contribution is 0.399. The van der Waals surface area contributed by atoms with Crippen LogP contribution in [0.25, 0.3) is 0 Å². The maximum Gasteiger partial charge on any atom is 0.187 e. The first kappa shape index (κ1) is 15.3. The normalized spacial score (nSPS) is 13.2. The monoisotopic (exact) mass is 249 g/mol. The molecule has 0 aromatic rings. The van der Waals surface area contributed by atoms with Crippen LogP contribution in [0.5, 0.6) is 0 Å². The predicted octanol–water partition coefficient (Wildman–Crippen LogP) is 2.28. The fourth-order valence-corrected chi connectivity index (χ4v) is 3.07. The van der Waals surface area contributed by atoms with Crippen molar-refractivity contribution < 1.29 is 8.85 Å². The summed E-state index contributed by atoms with van der Waals surface area (Å²) in [6.07, 6.45) is 0. The summed E-state index contributed by atoms with van der Waals surface area (Å²) in [6, 6.07) is 2.36. The second kappa shape index (κ2) is 6.80. The molecule has 0 bridgehead atoms. The van der Waals surface area contributed by atoms with Crippen LogP contribution in [-0.4, -0.2) is 43.9 Å². The minimum Gasteiger partial charge on any atom is -0.420 e. The van der Waals surface area contributed by atoms with Gasteiger partial charge in [0, 0.05) is 14.2 Å². The SMILES string of the molecule is CO[Si](C)(C)CCNCC[Si](C)(C)OC. The minimum atomic E-state index is -1.36. The molecule has 92 valence electrons. The molecule has 0 atom stereocenters. The molecule has 15 heavy (non-hydrogen) atoms. The fourth-order valence-electron chi connectivity index (χ4n) is 1.11. The van der Waals surface area contributed by atoms with Crippen LogP contribution >= 0.6 is 0 Å². The van der Waals surface area contributed by atoms with E-state index in [1.54, 1.807) is 0 Å². The Kier molecular flexibility index (Phi) is 6.94. The van der Waals surface area contributed by atoms with E-state index < -0.39 is 16.6 Å². The highest BCUT2D eigenvalue weighted by atomic mass is 28.4. The van der Waals surface area contributed by atoms with E-state index >= 15 is 0 Å². The van der Waals surface area contributed by atoms with Crippen LogP contribution in [0.4, 0.5) is 0 Å². The zero-order valence-corrected chi connectivity index (χ0v) is 13.1. The lowest BCUT2D eigenvalue weighted by Crippen LogP contribution is -2.36. The van der Waals surface area contributed by atoms with Crippen molar-refractivity contribution >= 4 is 16.6 Å². The van der Waals surface area contributed by atoms with E-state index in [0.29, 0.717) is 0 Å². The molecule has 0 aliphatic rings. The smallest absolute Gasteiger partial charge is 0.187 e. The van der Waals surface area contributed by atoms with Crippen LogP contribution < -0.4 is 5.32 Å². The Balaban J connectivity index is 3.48. The molecule has 0 saturated heterocycles. The summed E-state index contributed by atoms with van der Waals surface area (Å²) in [5, 5.41) is 3.48. The molecule has 0 radical (unpaired) electrons. The van der Waals surface area contributed by atoms with Gasteiger partial charge in [-0.2, -0.15) is 0 Å². The molecule has 0 aromatic heterocycles. The first-order chi connectivity index (χ1) is 6.83. The highest BCUT2D eigenvalue weighted by molar-refractivity contribution is 6.71. The van der Waals surface area contributed by atoms with Crippen molar-refractivity contribution in [2.75, 3.05) is 27.3 Å². The molecule has 0 heterocycles. The van der Waals surface area contributed by atoms with Gasteiger partial charge in [-0.25, -0.2) is 0 Å². The van der Waals surface area contributed by atoms with Crippen LogP contribution in [0.1, 0.15) is 0 Å². The summed E-state index contributed by atoms with van der Waals surface area (Å²) in [5.41, 5.74) is 0. The quantitative estimate of drug-likeness (QED) is 0.529. The third-order valence-corrected chi connectivity index (χ3v) is 8.03. The number of hydrogen-bond donors (Lipinski definition) is 1. The van der Waals surface area contributed by atoms with E-state index in [-0.39, 0.29) is 0 Å². The van der Waals surface area contributed by atoms with Crippen molar-refractivity contribution in [2.24, 2.45) is 0 Å². The molecule has 0 rings (SSSR count). The van der Waals surface area contributed by atoms with E-state index in [4.69, 9.17) is 8.85 Å². The summed E-state index contributed by atoms with van der Waals surface area (Å²) in [5.74, 6) is 0. The Labute approximate surface area is 96.8 Å². The molecule has 0 saturated carbocycles. The van der Waals surface area contributed by atoms with Crippen molar-refractivity contribution in [3.05, 3.63) is 0 Å². The van der Waals surface area contributed by atoms with Gasteiger partial charge >= 0.3 is 0 Å². The second-order valence-electron chi connectivity index (χ2n) is 5.18. The zero-order chi connectivity index (χ0) is 11.9. The Morgan fingerprint density at radius 2 is 1.13 bits per heavy atom. The molecule has 0 aliphatic heterocycles. The van der Waals surface area contributed by atoms with E-state index in [2.05, 4.69) is 31.5 Å². The second-order valence-corrected chi connectivity index (χ2v) is 14.0. The number of rotatable bonds is 8. The van der Waals surface area contributed by atoms with Crippen LogP contribution in [0.15, 0.2) is 0 Å². The van der Waals surface area contributed by atoms with Gasteiger partial charge in [-0.05, 0) is 51.4 Å². The van der Waals surface area contributed by atoms with Crippen molar-refractivity contribution in [3.63, 3.8) is 0 Å². The molecular formula is C10H27NO2Si2. The Bertz CT molecular complexity index is 157. The molecule has 0 aliphatic carbocycles. The first-order valence-electron chi connectivity index (χ1n) is 5.64. The summed E-state index contributed by atoms with van der Waals surface area (Å²) in [4.78, 5) is 0. The van der Waals surface area contributed by atoms with E-state index in [0.717, 1.165) is 13.1 Å². The molecule has 0 amide bonds. The number of hydrogen-bond acceptors (Lipinski definition) is 3. The Morgan fingerprint density at radius 1 is 0.800 bits per heavy atom. The van der Waals surface area contributed by atoms with Gasteiger partial charge in [0.15, 0.2) is 16.6 Å². The van der Waals surface area contributed by atoms with E-state index in [1.165, 1.54) is 12.1 Å². The van der Waals surface area contributed by atoms with Gasteiger partial charge in [-0.1, -0.05) is 0 Å². The summed E-state index contributed by atoms with van der Waals surface area (Å²) in [6.45, 7) is 11.2. The predicted molar refractivity (Wildman–Crippen MR) is 71.5 cm³/mol. The van der Waals surface area contributed by atoms with Gasteiger partial charge in [-0.3, -0.25) is 0 Å². The van der Waals surface area contributed by atoms with Gasteiger partial charge in [0.05, 0.1) is 0 Å². The summed E-state index contributed by atoms with van der Waals surface area (Å²) in [7, 11) is 0.925. The van der Waals surface area contributed by atoms with Crippen molar-refractivity contribution in [2.45, 2.75) is 38.3 Å². The van der Waals surface area contributed by atoms with E-state index in [1.807, 2.05) is 14.2 Å². The van der Waals surface area contributed by atoms with E-state index in [9.17, 15) is 0 Å². The van der Waals surface area contributed by atoms with Crippen molar-refractivity contribution in [1.29, 1.82) is 0 Å². The highest BCUT2D eigenvalue weighted by Crippen LogP contribution is 2.09. The van der Waals surface area contributed by atoms with Crippen molar-refractivity contribution in [3.8, 4) is 0 Å². The van der Waals surface area contributed by atoms with Gasteiger partial charge in [0.25, 0.3) is 0 Å². The third kappa shape index (κ3) is 8.16. The summed E-state index contributed by atoms with van der Waals surface area (Å²) < 4.78 is 11.0. The fraction of sp³-hybridized carbons (Fsp3) is 1.00. The minimum absolute atomic E-state index is 1.07. The lowest BCUT2D eigenvalue weighted by atomic mass is 10.6. The maximum atomic E-state index is 5.49. The third-order valence-electron chi connectivity index (χ3n) is 2.91. The molecule has 5 heteroatoms. The average Bonchev–Trinajstić information content (AvgIpc) is 2.17. The van der Waals surface area contributed by atoms with Gasteiger partial charge in [0.2, 0.25) is 0 Å². The molecular weight excluding hydrogens is 222 g/mol. The molecule has 3 nitrogen and oxygen atoms in total. The van der Waals surface area contributed by atoms with Crippen LogP contribution in [0, 0.1) is 0 Å². The standard InChI is InChI=1S/C10H27NO2Si2/c1-12-14(3,4)9-7-11-8-10-15(5,6)13-2/h11H,7-10H2,1-6H3. The Hall–Kier alpha value is 0.314. The van der Waals surface area contributed by atoms with Crippen LogP contribution in [0.2, 0.25) is 38.3 Å². The largest absolute Gasteiger partial charge is 0.420 e. The van der Waals surface area contributed by atoms with Gasteiger partial charge in [-0.15, -0.1) is 0 Å². The topological polar surface area (TPSA) is 30.5 Å². The summed E-state index contributed by atoms with van der Waals surface area (Å²) >= 11 is 0. The average molecular weight is 250 g/mol. The van der Waals surface area contributed by atoms with Crippen LogP contribution in [-0.2, 0) is 8.85 Å². The molecule has 1 N–H and O–H groups in total. The Morgan fingerprint density at radius 3 is 1.40 bits per heavy atom. The maximum absolute atomic E-state index is 5.49. The number of nitrogens with one attached hydrogen (secondary N) is 1.